The van der Waals surface area contributed by atoms with E-state index in [-0.39, 0.29) is 30.1 Å². The minimum absolute atomic E-state index is 0.103. The normalized spacial score (nSPS) is 22.5. The molecule has 1 heterocycles. The molecule has 1 aliphatic heterocycles. The lowest BCUT2D eigenvalue weighted by atomic mass is 9.80. The number of benzene rings is 2. The molecule has 150 valence electrons. The van der Waals surface area contributed by atoms with Crippen LogP contribution in [0.4, 0.5) is 10.1 Å². The molecule has 0 bridgehead atoms. The monoisotopic (exact) mass is 392 g/mol. The van der Waals surface area contributed by atoms with Gasteiger partial charge in [0.1, 0.15) is 5.82 Å². The summed E-state index contributed by atoms with van der Waals surface area (Å²) in [5.74, 6) is -0.688. The molecule has 1 unspecified atom stereocenters. The Labute approximate surface area is 170 Å². The lowest BCUT2D eigenvalue weighted by Crippen LogP contribution is -2.70. The Morgan fingerprint density at radius 3 is 2.38 bits per heavy atom. The Morgan fingerprint density at radius 2 is 1.72 bits per heavy atom. The third-order valence-electron chi connectivity index (χ3n) is 5.84. The molecule has 1 aliphatic carbocycles. The highest BCUT2D eigenvalue weighted by Crippen LogP contribution is 2.39. The van der Waals surface area contributed by atoms with Gasteiger partial charge in [0.05, 0.1) is 6.42 Å². The first-order valence-electron chi connectivity index (χ1n) is 10.2. The van der Waals surface area contributed by atoms with Crippen molar-refractivity contribution in [2.24, 2.45) is 0 Å². The third-order valence-corrected chi connectivity index (χ3v) is 5.84. The van der Waals surface area contributed by atoms with E-state index in [1.807, 2.05) is 42.5 Å². The van der Waals surface area contributed by atoms with E-state index < -0.39 is 5.54 Å². The first-order chi connectivity index (χ1) is 14.1. The van der Waals surface area contributed by atoms with Gasteiger partial charge in [0, 0.05) is 11.7 Å². The van der Waals surface area contributed by atoms with Crippen LogP contribution >= 0.6 is 0 Å². The molecule has 1 saturated heterocycles. The van der Waals surface area contributed by atoms with Crippen molar-refractivity contribution in [2.45, 2.75) is 50.1 Å². The molecule has 1 saturated carbocycles. The Morgan fingerprint density at radius 1 is 1.03 bits per heavy atom. The second-order valence-electron chi connectivity index (χ2n) is 7.86. The molecule has 29 heavy (non-hydrogen) atoms. The van der Waals surface area contributed by atoms with Crippen LogP contribution in [0.3, 0.4) is 0 Å². The number of nitrogens with one attached hydrogen (secondary N) is 1. The zero-order valence-electron chi connectivity index (χ0n) is 16.3. The Bertz CT molecular complexity index is 904. The van der Waals surface area contributed by atoms with Gasteiger partial charge < -0.3 is 5.32 Å². The maximum Gasteiger partial charge on any atom is 0.251 e. The van der Waals surface area contributed by atoms with Crippen LogP contribution in [-0.4, -0.2) is 23.4 Å². The summed E-state index contributed by atoms with van der Waals surface area (Å²) in [7, 11) is 0. The summed E-state index contributed by atoms with van der Waals surface area (Å²) in [6.07, 6.45) is 9.15. The molecule has 2 fully saturated rings. The maximum absolute atomic E-state index is 13.4. The Kier molecular flexibility index (Phi) is 5.47. The van der Waals surface area contributed by atoms with Gasteiger partial charge in [0.2, 0.25) is 5.91 Å². The highest BCUT2D eigenvalue weighted by molar-refractivity contribution is 6.15. The number of nitrogens with zero attached hydrogens (tertiary/aromatic N) is 1. The minimum Gasteiger partial charge on any atom is -0.351 e. The van der Waals surface area contributed by atoms with Gasteiger partial charge in [-0.15, -0.1) is 0 Å². The minimum atomic E-state index is -1.10. The van der Waals surface area contributed by atoms with Crippen molar-refractivity contribution in [1.82, 2.24) is 5.32 Å². The zero-order valence-corrected chi connectivity index (χ0v) is 16.3. The van der Waals surface area contributed by atoms with Crippen molar-refractivity contribution < 1.29 is 14.0 Å². The van der Waals surface area contributed by atoms with Crippen molar-refractivity contribution in [3.63, 3.8) is 0 Å². The van der Waals surface area contributed by atoms with Gasteiger partial charge in [-0.05, 0) is 48.7 Å². The average molecular weight is 392 g/mol. The van der Waals surface area contributed by atoms with Crippen LogP contribution in [0.1, 0.15) is 44.1 Å². The van der Waals surface area contributed by atoms with Gasteiger partial charge >= 0.3 is 0 Å². The standard InChI is InChI=1S/C24H25FN2O2/c25-19-11-13-21(14-12-19)27-22(28)17-24(27,16-15-18-7-3-1-4-8-18)23(29)26-20-9-5-2-6-10-20/h1,3-4,7-8,11-16,20H,2,5-6,9-10,17H2,(H,26,29). The first-order valence-corrected chi connectivity index (χ1v) is 10.2. The van der Waals surface area contributed by atoms with E-state index in [9.17, 15) is 14.0 Å². The summed E-state index contributed by atoms with van der Waals surface area (Å²) < 4.78 is 13.4. The lowest BCUT2D eigenvalue weighted by molar-refractivity contribution is -0.137. The predicted octanol–water partition coefficient (Wildman–Crippen LogP) is 4.46. The molecule has 0 aromatic heterocycles. The zero-order chi connectivity index (χ0) is 20.3. The van der Waals surface area contributed by atoms with E-state index in [2.05, 4.69) is 5.32 Å². The van der Waals surface area contributed by atoms with E-state index >= 15 is 0 Å². The molecule has 0 spiro atoms. The number of carbonyl (C=O) groups excluding carboxylic acids is 2. The molecule has 2 aromatic rings. The Balaban J connectivity index is 1.66. The summed E-state index contributed by atoms with van der Waals surface area (Å²) in [4.78, 5) is 27.5. The smallest absolute Gasteiger partial charge is 0.251 e. The van der Waals surface area contributed by atoms with E-state index in [1.54, 1.807) is 12.1 Å². The summed E-state index contributed by atoms with van der Waals surface area (Å²) >= 11 is 0. The van der Waals surface area contributed by atoms with E-state index in [0.717, 1.165) is 31.2 Å². The fourth-order valence-electron chi connectivity index (χ4n) is 4.23. The fraction of sp³-hybridized carbons (Fsp3) is 0.333. The SMILES string of the molecule is O=C1CC(C=Cc2ccccc2)(C(=O)NC2CCCCC2)N1c1ccc(F)cc1. The van der Waals surface area contributed by atoms with Crippen molar-refractivity contribution in [3.8, 4) is 0 Å². The summed E-state index contributed by atoms with van der Waals surface area (Å²) in [5, 5.41) is 3.17. The van der Waals surface area contributed by atoms with E-state index in [0.29, 0.717) is 5.69 Å². The Hall–Kier alpha value is -2.95. The van der Waals surface area contributed by atoms with Gasteiger partial charge in [-0.1, -0.05) is 55.7 Å². The summed E-state index contributed by atoms with van der Waals surface area (Å²) in [6, 6.07) is 15.5. The van der Waals surface area contributed by atoms with Gasteiger partial charge in [0.25, 0.3) is 5.91 Å². The van der Waals surface area contributed by atoms with Crippen LogP contribution in [0.5, 0.6) is 0 Å². The van der Waals surface area contributed by atoms with Crippen molar-refractivity contribution in [2.75, 3.05) is 4.90 Å². The number of rotatable bonds is 5. The van der Waals surface area contributed by atoms with Crippen molar-refractivity contribution >= 4 is 23.6 Å². The third kappa shape index (κ3) is 3.95. The number of hydrogen-bond donors (Lipinski definition) is 1. The van der Waals surface area contributed by atoms with Crippen LogP contribution in [0.15, 0.2) is 60.7 Å². The number of hydrogen-bond acceptors (Lipinski definition) is 2. The fourth-order valence-corrected chi connectivity index (χ4v) is 4.23. The molecule has 2 amide bonds. The van der Waals surface area contributed by atoms with E-state index in [4.69, 9.17) is 0 Å². The molecule has 4 rings (SSSR count). The number of β-lactam (4-membered cyclic amide) rings is 1. The number of halogens is 1. The van der Waals surface area contributed by atoms with Crippen LogP contribution in [0.2, 0.25) is 0 Å². The molecule has 5 heteroatoms. The number of carbonyl (C=O) groups is 2. The van der Waals surface area contributed by atoms with Gasteiger partial charge in [-0.2, -0.15) is 0 Å². The van der Waals surface area contributed by atoms with Gasteiger partial charge in [0.15, 0.2) is 5.54 Å². The second-order valence-corrected chi connectivity index (χ2v) is 7.86. The summed E-state index contributed by atoms with van der Waals surface area (Å²) in [6.45, 7) is 0. The van der Waals surface area contributed by atoms with E-state index in [1.165, 1.54) is 23.5 Å². The molecule has 4 nitrogen and oxygen atoms in total. The molecule has 2 aliphatic rings. The van der Waals surface area contributed by atoms with Crippen LogP contribution in [-0.2, 0) is 9.59 Å². The topological polar surface area (TPSA) is 49.4 Å². The molecular weight excluding hydrogens is 367 g/mol. The van der Waals surface area contributed by atoms with Crippen LogP contribution < -0.4 is 10.2 Å². The van der Waals surface area contributed by atoms with Gasteiger partial charge in [-0.3, -0.25) is 14.5 Å². The maximum atomic E-state index is 13.4. The number of anilines is 1. The molecular formula is C24H25FN2O2. The molecule has 2 aromatic carbocycles. The lowest BCUT2D eigenvalue weighted by Gasteiger charge is -2.49. The van der Waals surface area contributed by atoms with Crippen molar-refractivity contribution in [3.05, 3.63) is 72.1 Å². The second kappa shape index (κ2) is 8.19. The highest BCUT2D eigenvalue weighted by Gasteiger charge is 2.55. The molecule has 1 N–H and O–H groups in total. The van der Waals surface area contributed by atoms with Crippen LogP contribution in [0, 0.1) is 5.82 Å². The van der Waals surface area contributed by atoms with Gasteiger partial charge in [-0.25, -0.2) is 4.39 Å². The number of amides is 2. The average Bonchev–Trinajstić information content (AvgIpc) is 2.74. The van der Waals surface area contributed by atoms with Crippen molar-refractivity contribution in [1.29, 1.82) is 0 Å². The summed E-state index contributed by atoms with van der Waals surface area (Å²) in [5.41, 5.74) is 0.386. The molecule has 0 radical (unpaired) electrons. The largest absolute Gasteiger partial charge is 0.351 e. The molecule has 1 atom stereocenters. The predicted molar refractivity (Wildman–Crippen MR) is 112 cm³/mol. The first kappa shape index (κ1) is 19.4. The van der Waals surface area contributed by atoms with Crippen LogP contribution in [0.25, 0.3) is 6.08 Å². The quantitative estimate of drug-likeness (QED) is 0.764. The highest BCUT2D eigenvalue weighted by atomic mass is 19.1.